The van der Waals surface area contributed by atoms with Crippen molar-refractivity contribution in [2.75, 3.05) is 13.6 Å². The zero-order valence-electron chi connectivity index (χ0n) is 11.2. The molecule has 1 saturated carbocycles. The predicted octanol–water partition coefficient (Wildman–Crippen LogP) is 3.55. The minimum absolute atomic E-state index is 0.135. The standard InChI is InChI=1S/C15H20BrNO/c1-10-4-5-13(6-11(10)2)15(18)17(3)9-12-7-14(16)8-12/h4-6,12,14H,7-9H2,1-3H3. The van der Waals surface area contributed by atoms with Crippen LogP contribution in [-0.4, -0.2) is 29.2 Å². The van der Waals surface area contributed by atoms with Crippen molar-refractivity contribution in [3.05, 3.63) is 34.9 Å². The molecule has 1 amide bonds. The first kappa shape index (κ1) is 13.6. The third-order valence-electron chi connectivity index (χ3n) is 3.81. The molecule has 3 heteroatoms. The van der Waals surface area contributed by atoms with E-state index in [1.165, 1.54) is 24.0 Å². The Balaban J connectivity index is 1.99. The van der Waals surface area contributed by atoms with Crippen LogP contribution in [0, 0.1) is 19.8 Å². The average Bonchev–Trinajstić information content (AvgIpc) is 2.29. The van der Waals surface area contributed by atoms with Crippen molar-refractivity contribution in [3.63, 3.8) is 0 Å². The molecule has 0 bridgehead atoms. The van der Waals surface area contributed by atoms with Crippen molar-refractivity contribution in [2.45, 2.75) is 31.5 Å². The Morgan fingerprint density at radius 2 is 2.00 bits per heavy atom. The molecular weight excluding hydrogens is 290 g/mol. The second-order valence-corrected chi connectivity index (χ2v) is 6.71. The topological polar surface area (TPSA) is 20.3 Å². The molecule has 0 N–H and O–H groups in total. The molecule has 0 unspecified atom stereocenters. The number of amides is 1. The van der Waals surface area contributed by atoms with Gasteiger partial charge >= 0.3 is 0 Å². The van der Waals surface area contributed by atoms with Crippen LogP contribution in [0.5, 0.6) is 0 Å². The van der Waals surface area contributed by atoms with Crippen molar-refractivity contribution < 1.29 is 4.79 Å². The number of hydrogen-bond acceptors (Lipinski definition) is 1. The molecule has 2 nitrogen and oxygen atoms in total. The number of rotatable bonds is 3. The molecule has 0 radical (unpaired) electrons. The van der Waals surface area contributed by atoms with Gasteiger partial charge in [0.05, 0.1) is 0 Å². The van der Waals surface area contributed by atoms with Crippen LogP contribution in [0.3, 0.4) is 0 Å². The highest BCUT2D eigenvalue weighted by Crippen LogP contribution is 2.33. The van der Waals surface area contributed by atoms with Crippen LogP contribution in [0.15, 0.2) is 18.2 Å². The van der Waals surface area contributed by atoms with Gasteiger partial charge < -0.3 is 4.90 Å². The smallest absolute Gasteiger partial charge is 0.253 e. The van der Waals surface area contributed by atoms with Gasteiger partial charge in [0, 0.05) is 24.0 Å². The van der Waals surface area contributed by atoms with E-state index in [2.05, 4.69) is 22.9 Å². The van der Waals surface area contributed by atoms with E-state index in [-0.39, 0.29) is 5.91 Å². The summed E-state index contributed by atoms with van der Waals surface area (Å²) in [5.74, 6) is 0.797. The second kappa shape index (κ2) is 5.43. The first-order valence-electron chi connectivity index (χ1n) is 6.44. The zero-order valence-corrected chi connectivity index (χ0v) is 12.8. The van der Waals surface area contributed by atoms with E-state index >= 15 is 0 Å². The Bertz CT molecular complexity index is 452. The van der Waals surface area contributed by atoms with Gasteiger partial charge in [0.25, 0.3) is 5.91 Å². The van der Waals surface area contributed by atoms with Crippen LogP contribution in [-0.2, 0) is 0 Å². The number of benzene rings is 1. The molecule has 98 valence electrons. The quantitative estimate of drug-likeness (QED) is 0.782. The van der Waals surface area contributed by atoms with E-state index < -0.39 is 0 Å². The van der Waals surface area contributed by atoms with Crippen LogP contribution in [0.1, 0.15) is 34.3 Å². The number of carbonyl (C=O) groups excluding carboxylic acids is 1. The lowest BCUT2D eigenvalue weighted by Gasteiger charge is -2.34. The molecule has 0 heterocycles. The van der Waals surface area contributed by atoms with Crippen molar-refractivity contribution in [1.29, 1.82) is 0 Å². The number of aryl methyl sites for hydroxylation is 2. The van der Waals surface area contributed by atoms with Crippen LogP contribution in [0.4, 0.5) is 0 Å². The zero-order chi connectivity index (χ0) is 13.3. The third kappa shape index (κ3) is 2.94. The molecule has 1 aromatic rings. The van der Waals surface area contributed by atoms with E-state index in [4.69, 9.17) is 0 Å². The Morgan fingerprint density at radius 1 is 1.33 bits per heavy atom. The number of hydrogen-bond donors (Lipinski definition) is 0. The molecule has 0 atom stereocenters. The maximum absolute atomic E-state index is 12.3. The Kier molecular flexibility index (Phi) is 4.10. The number of halogens is 1. The van der Waals surface area contributed by atoms with Gasteiger partial charge in [-0.3, -0.25) is 4.79 Å². The van der Waals surface area contributed by atoms with Gasteiger partial charge in [-0.2, -0.15) is 0 Å². The third-order valence-corrected chi connectivity index (χ3v) is 4.56. The van der Waals surface area contributed by atoms with E-state index in [0.29, 0.717) is 10.7 Å². The summed E-state index contributed by atoms with van der Waals surface area (Å²) in [5.41, 5.74) is 3.21. The average molecular weight is 310 g/mol. The summed E-state index contributed by atoms with van der Waals surface area (Å²) in [4.78, 5) is 14.8. The van der Waals surface area contributed by atoms with Gasteiger partial charge in [0.2, 0.25) is 0 Å². The summed E-state index contributed by atoms with van der Waals surface area (Å²) >= 11 is 3.59. The molecule has 0 spiro atoms. The molecule has 1 aliphatic carbocycles. The highest BCUT2D eigenvalue weighted by molar-refractivity contribution is 9.09. The summed E-state index contributed by atoms with van der Waals surface area (Å²) in [5, 5.41) is 0. The van der Waals surface area contributed by atoms with E-state index in [9.17, 15) is 4.79 Å². The molecule has 0 saturated heterocycles. The molecule has 0 aromatic heterocycles. The van der Waals surface area contributed by atoms with Crippen LogP contribution in [0.2, 0.25) is 0 Å². The monoisotopic (exact) mass is 309 g/mol. The lowest BCUT2D eigenvalue weighted by Crippen LogP contribution is -2.37. The van der Waals surface area contributed by atoms with E-state index in [1.54, 1.807) is 0 Å². The van der Waals surface area contributed by atoms with Gasteiger partial charge in [-0.25, -0.2) is 0 Å². The normalized spacial score (nSPS) is 22.4. The predicted molar refractivity (Wildman–Crippen MR) is 78.3 cm³/mol. The minimum atomic E-state index is 0.135. The fourth-order valence-electron chi connectivity index (χ4n) is 2.37. The Morgan fingerprint density at radius 3 is 2.56 bits per heavy atom. The number of nitrogens with zero attached hydrogens (tertiary/aromatic N) is 1. The molecule has 2 rings (SSSR count). The van der Waals surface area contributed by atoms with Crippen molar-refractivity contribution >= 4 is 21.8 Å². The first-order valence-corrected chi connectivity index (χ1v) is 7.35. The van der Waals surface area contributed by atoms with Crippen molar-refractivity contribution in [3.8, 4) is 0 Å². The summed E-state index contributed by atoms with van der Waals surface area (Å²) in [6.07, 6.45) is 2.37. The molecular formula is C15H20BrNO. The van der Waals surface area contributed by atoms with Crippen LogP contribution in [0.25, 0.3) is 0 Å². The van der Waals surface area contributed by atoms with E-state index in [0.717, 1.165) is 12.1 Å². The minimum Gasteiger partial charge on any atom is -0.341 e. The summed E-state index contributed by atoms with van der Waals surface area (Å²) < 4.78 is 0. The fraction of sp³-hybridized carbons (Fsp3) is 0.533. The van der Waals surface area contributed by atoms with Crippen molar-refractivity contribution in [1.82, 2.24) is 4.90 Å². The molecule has 1 fully saturated rings. The van der Waals surface area contributed by atoms with Gasteiger partial charge in [-0.1, -0.05) is 22.0 Å². The highest BCUT2D eigenvalue weighted by atomic mass is 79.9. The number of carbonyl (C=O) groups is 1. The fourth-order valence-corrected chi connectivity index (χ4v) is 3.43. The Hall–Kier alpha value is -0.830. The van der Waals surface area contributed by atoms with E-state index in [1.807, 2.05) is 37.1 Å². The maximum Gasteiger partial charge on any atom is 0.253 e. The largest absolute Gasteiger partial charge is 0.341 e. The van der Waals surface area contributed by atoms with Crippen LogP contribution >= 0.6 is 15.9 Å². The molecule has 1 aliphatic rings. The maximum atomic E-state index is 12.3. The van der Waals surface area contributed by atoms with Crippen LogP contribution < -0.4 is 0 Å². The lowest BCUT2D eigenvalue weighted by molar-refractivity contribution is 0.0748. The second-order valence-electron chi connectivity index (χ2n) is 5.42. The lowest BCUT2D eigenvalue weighted by atomic mass is 9.85. The summed E-state index contributed by atoms with van der Waals surface area (Å²) in [6, 6.07) is 5.94. The van der Waals surface area contributed by atoms with Gasteiger partial charge in [-0.15, -0.1) is 0 Å². The first-order chi connectivity index (χ1) is 8.47. The van der Waals surface area contributed by atoms with Gasteiger partial charge in [-0.05, 0) is 55.9 Å². The molecule has 18 heavy (non-hydrogen) atoms. The summed E-state index contributed by atoms with van der Waals surface area (Å²) in [6.45, 7) is 4.99. The van der Waals surface area contributed by atoms with Gasteiger partial charge in [0.15, 0.2) is 0 Å². The highest BCUT2D eigenvalue weighted by Gasteiger charge is 2.28. The molecule has 0 aliphatic heterocycles. The summed E-state index contributed by atoms with van der Waals surface area (Å²) in [7, 11) is 1.90. The number of alkyl halides is 1. The van der Waals surface area contributed by atoms with Crippen molar-refractivity contribution in [2.24, 2.45) is 5.92 Å². The SMILES string of the molecule is Cc1ccc(C(=O)N(C)CC2CC(Br)C2)cc1C. The molecule has 1 aromatic carbocycles. The Labute approximate surface area is 117 Å². The van der Waals surface area contributed by atoms with Gasteiger partial charge in [0.1, 0.15) is 0 Å².